The van der Waals surface area contributed by atoms with Crippen molar-refractivity contribution in [3.63, 3.8) is 0 Å². The number of ether oxygens (including phenoxy) is 3. The molecule has 7 nitrogen and oxygen atoms in total. The summed E-state index contributed by atoms with van der Waals surface area (Å²) in [5, 5.41) is 0.630. The fourth-order valence-corrected chi connectivity index (χ4v) is 3.78. The average Bonchev–Trinajstić information content (AvgIpc) is 2.90. The van der Waals surface area contributed by atoms with E-state index >= 15 is 0 Å². The zero-order valence-corrected chi connectivity index (χ0v) is 20.0. The lowest BCUT2D eigenvalue weighted by molar-refractivity contribution is -0.138. The van der Waals surface area contributed by atoms with Crippen LogP contribution in [-0.2, 0) is 9.53 Å². The van der Waals surface area contributed by atoms with Crippen LogP contribution in [0.4, 0.5) is 0 Å². The number of benzene rings is 3. The van der Waals surface area contributed by atoms with Crippen molar-refractivity contribution in [3.05, 3.63) is 90.0 Å². The van der Waals surface area contributed by atoms with E-state index in [-0.39, 0.29) is 5.91 Å². The Labute approximate surface area is 203 Å². The minimum absolute atomic E-state index is 0.313. The lowest BCUT2D eigenvalue weighted by atomic mass is 10.0. The quantitative estimate of drug-likeness (QED) is 0.357. The van der Waals surface area contributed by atoms with Gasteiger partial charge in [-0.25, -0.2) is 9.78 Å². The second kappa shape index (κ2) is 10.3. The maximum Gasteiger partial charge on any atom is 0.340 e. The first kappa shape index (κ1) is 23.8. The number of likely N-dealkylation sites (N-methyl/N-ethyl adjacent to an activating group) is 1. The number of esters is 1. The van der Waals surface area contributed by atoms with E-state index in [4.69, 9.17) is 19.2 Å². The molecule has 0 saturated carbocycles. The SMILES string of the molecule is COc1ccc(-c2cc(C(=O)OC(C(=O)N(C)C)c3ccccc3)c3ccccc3n2)cc1OC. The molecule has 1 heterocycles. The molecule has 0 radical (unpaired) electrons. The zero-order valence-electron chi connectivity index (χ0n) is 20.0. The van der Waals surface area contributed by atoms with Crippen LogP contribution in [0.25, 0.3) is 22.2 Å². The Bertz CT molecular complexity index is 1370. The molecule has 4 rings (SSSR count). The Morgan fingerprint density at radius 3 is 2.20 bits per heavy atom. The van der Waals surface area contributed by atoms with E-state index in [1.807, 2.05) is 36.4 Å². The van der Waals surface area contributed by atoms with Gasteiger partial charge in [0.25, 0.3) is 5.91 Å². The number of rotatable bonds is 7. The molecule has 1 atom stereocenters. The van der Waals surface area contributed by atoms with E-state index in [9.17, 15) is 9.59 Å². The van der Waals surface area contributed by atoms with Crippen molar-refractivity contribution in [1.29, 1.82) is 0 Å². The fraction of sp³-hybridized carbons (Fsp3) is 0.179. The van der Waals surface area contributed by atoms with Crippen molar-refractivity contribution >= 4 is 22.8 Å². The van der Waals surface area contributed by atoms with Gasteiger partial charge in [0.2, 0.25) is 6.10 Å². The van der Waals surface area contributed by atoms with Gasteiger partial charge in [-0.05, 0) is 30.3 Å². The molecule has 0 aliphatic rings. The molecule has 178 valence electrons. The number of methoxy groups -OCH3 is 2. The van der Waals surface area contributed by atoms with Crippen molar-refractivity contribution in [3.8, 4) is 22.8 Å². The molecule has 0 N–H and O–H groups in total. The van der Waals surface area contributed by atoms with E-state index in [2.05, 4.69) is 0 Å². The van der Waals surface area contributed by atoms with Crippen LogP contribution in [0.3, 0.4) is 0 Å². The molecule has 0 spiro atoms. The van der Waals surface area contributed by atoms with E-state index in [1.165, 1.54) is 4.90 Å². The van der Waals surface area contributed by atoms with Crippen molar-refractivity contribution < 1.29 is 23.8 Å². The smallest absolute Gasteiger partial charge is 0.340 e. The molecule has 7 heteroatoms. The zero-order chi connectivity index (χ0) is 24.9. The third-order valence-electron chi connectivity index (χ3n) is 5.61. The number of amides is 1. The second-order valence-electron chi connectivity index (χ2n) is 8.07. The molecule has 3 aromatic carbocycles. The minimum atomic E-state index is -1.07. The maximum atomic E-state index is 13.5. The number of carbonyl (C=O) groups is 2. The fourth-order valence-electron chi connectivity index (χ4n) is 3.78. The largest absolute Gasteiger partial charge is 0.493 e. The number of hydrogen-bond acceptors (Lipinski definition) is 6. The molecular formula is C28H26N2O5. The Hall–Kier alpha value is -4.39. The van der Waals surface area contributed by atoms with Crippen LogP contribution >= 0.6 is 0 Å². The molecule has 1 unspecified atom stereocenters. The molecular weight excluding hydrogens is 444 g/mol. The summed E-state index contributed by atoms with van der Waals surface area (Å²) in [5.74, 6) is 0.187. The van der Waals surface area contributed by atoms with Crippen LogP contribution in [0.15, 0.2) is 78.9 Å². The van der Waals surface area contributed by atoms with E-state index in [0.29, 0.717) is 39.2 Å². The average molecular weight is 471 g/mol. The van der Waals surface area contributed by atoms with Gasteiger partial charge in [0, 0.05) is 30.6 Å². The van der Waals surface area contributed by atoms with Gasteiger partial charge < -0.3 is 19.1 Å². The summed E-state index contributed by atoms with van der Waals surface area (Å²) in [6.07, 6.45) is -1.07. The van der Waals surface area contributed by atoms with Crippen LogP contribution in [0.1, 0.15) is 22.0 Å². The lowest BCUT2D eigenvalue weighted by Gasteiger charge is -2.21. The number of nitrogens with zero attached hydrogens (tertiary/aromatic N) is 2. The number of fused-ring (bicyclic) bond motifs is 1. The van der Waals surface area contributed by atoms with Gasteiger partial charge >= 0.3 is 5.97 Å². The lowest BCUT2D eigenvalue weighted by Crippen LogP contribution is -2.31. The van der Waals surface area contributed by atoms with Crippen molar-refractivity contribution in [2.24, 2.45) is 0 Å². The molecule has 0 bridgehead atoms. The topological polar surface area (TPSA) is 78.0 Å². The predicted octanol–water partition coefficient (Wildman–Crippen LogP) is 4.91. The maximum absolute atomic E-state index is 13.5. The Morgan fingerprint density at radius 1 is 0.829 bits per heavy atom. The third kappa shape index (κ3) is 4.94. The first-order valence-corrected chi connectivity index (χ1v) is 11.0. The Kier molecular flexibility index (Phi) is 6.96. The molecule has 0 fully saturated rings. The van der Waals surface area contributed by atoms with Crippen LogP contribution in [-0.4, -0.2) is 50.1 Å². The van der Waals surface area contributed by atoms with Crippen molar-refractivity contribution in [1.82, 2.24) is 9.88 Å². The molecule has 35 heavy (non-hydrogen) atoms. The van der Waals surface area contributed by atoms with Gasteiger partial charge in [-0.3, -0.25) is 4.79 Å². The Morgan fingerprint density at radius 2 is 1.51 bits per heavy atom. The third-order valence-corrected chi connectivity index (χ3v) is 5.61. The number of carbonyl (C=O) groups excluding carboxylic acids is 2. The summed E-state index contributed by atoms with van der Waals surface area (Å²) in [6, 6.07) is 23.4. The summed E-state index contributed by atoms with van der Waals surface area (Å²) in [4.78, 5) is 32.6. The summed E-state index contributed by atoms with van der Waals surface area (Å²) >= 11 is 0. The van der Waals surface area contributed by atoms with Crippen LogP contribution in [0, 0.1) is 0 Å². The highest BCUT2D eigenvalue weighted by molar-refractivity contribution is 6.05. The van der Waals surface area contributed by atoms with Gasteiger partial charge in [-0.2, -0.15) is 0 Å². The minimum Gasteiger partial charge on any atom is -0.493 e. The van der Waals surface area contributed by atoms with Gasteiger partial charge in [-0.1, -0.05) is 48.5 Å². The molecule has 4 aromatic rings. The monoisotopic (exact) mass is 470 g/mol. The first-order valence-electron chi connectivity index (χ1n) is 11.0. The summed E-state index contributed by atoms with van der Waals surface area (Å²) < 4.78 is 16.6. The highest BCUT2D eigenvalue weighted by atomic mass is 16.5. The standard InChI is InChI=1S/C28H26N2O5/c1-30(2)27(31)26(18-10-6-5-7-11-18)35-28(32)21-17-23(29-22-13-9-8-12-20(21)22)19-14-15-24(33-3)25(16-19)34-4/h5-17,26H,1-4H3. The van der Waals surface area contributed by atoms with E-state index in [0.717, 1.165) is 5.56 Å². The molecule has 0 aliphatic carbocycles. The second-order valence-corrected chi connectivity index (χ2v) is 8.07. The molecule has 1 aromatic heterocycles. The van der Waals surface area contributed by atoms with E-state index in [1.54, 1.807) is 70.8 Å². The van der Waals surface area contributed by atoms with Crippen LogP contribution in [0.5, 0.6) is 11.5 Å². The first-order chi connectivity index (χ1) is 16.9. The number of hydrogen-bond donors (Lipinski definition) is 0. The van der Waals surface area contributed by atoms with Gasteiger partial charge in [0.05, 0.1) is 31.0 Å². The molecule has 0 saturated heterocycles. The van der Waals surface area contributed by atoms with Crippen molar-refractivity contribution in [2.45, 2.75) is 6.10 Å². The number of aromatic nitrogens is 1. The number of para-hydroxylation sites is 1. The molecule has 1 amide bonds. The summed E-state index contributed by atoms with van der Waals surface area (Å²) in [5.41, 5.74) is 2.84. The highest BCUT2D eigenvalue weighted by Gasteiger charge is 2.28. The van der Waals surface area contributed by atoms with Crippen LogP contribution in [0.2, 0.25) is 0 Å². The predicted molar refractivity (Wildman–Crippen MR) is 134 cm³/mol. The summed E-state index contributed by atoms with van der Waals surface area (Å²) in [7, 11) is 6.38. The normalized spacial score (nSPS) is 11.5. The number of pyridine rings is 1. The van der Waals surface area contributed by atoms with E-state index < -0.39 is 12.1 Å². The van der Waals surface area contributed by atoms with Gasteiger partial charge in [0.1, 0.15) is 0 Å². The van der Waals surface area contributed by atoms with Gasteiger partial charge in [0.15, 0.2) is 11.5 Å². The van der Waals surface area contributed by atoms with Crippen molar-refractivity contribution in [2.75, 3.05) is 28.3 Å². The summed E-state index contributed by atoms with van der Waals surface area (Å²) in [6.45, 7) is 0. The van der Waals surface area contributed by atoms with Gasteiger partial charge in [-0.15, -0.1) is 0 Å². The van der Waals surface area contributed by atoms with Crippen LogP contribution < -0.4 is 9.47 Å². The highest BCUT2D eigenvalue weighted by Crippen LogP contribution is 2.33. The molecule has 0 aliphatic heterocycles. The Balaban J connectivity index is 1.79.